The molecule has 3 rings (SSSR count). The fourth-order valence-electron chi connectivity index (χ4n) is 2.89. The molecule has 37 heavy (non-hydrogen) atoms. The van der Waals surface area contributed by atoms with Crippen LogP contribution in [0.2, 0.25) is 15.1 Å². The molecule has 2 atom stereocenters. The first-order valence-corrected chi connectivity index (χ1v) is 12.2. The van der Waals surface area contributed by atoms with Crippen molar-refractivity contribution in [2.24, 2.45) is 0 Å². The summed E-state index contributed by atoms with van der Waals surface area (Å²) < 4.78 is 9.14. The van der Waals surface area contributed by atoms with E-state index >= 15 is 0 Å². The van der Waals surface area contributed by atoms with Gasteiger partial charge in [-0.1, -0.05) is 71.2 Å². The van der Waals surface area contributed by atoms with Crippen LogP contribution in [0.5, 0.6) is 0 Å². The number of carbonyl (C=O) groups excluding carboxylic acids is 2. The van der Waals surface area contributed by atoms with Crippen LogP contribution in [-0.2, 0) is 30.3 Å². The first-order valence-electron chi connectivity index (χ1n) is 11.1. The smallest absolute Gasteiger partial charge is 0.312 e. The number of methoxy groups -OCH3 is 2. The summed E-state index contributed by atoms with van der Waals surface area (Å²) in [5.41, 5.74) is 2.48. The minimum atomic E-state index is -0.836. The van der Waals surface area contributed by atoms with Gasteiger partial charge in [0.15, 0.2) is 0 Å². The van der Waals surface area contributed by atoms with Crippen LogP contribution in [0.4, 0.5) is 0 Å². The first-order chi connectivity index (χ1) is 17.5. The molecule has 1 N–H and O–H groups in total. The quantitative estimate of drug-likeness (QED) is 0.317. The van der Waals surface area contributed by atoms with Crippen molar-refractivity contribution >= 4 is 52.7 Å². The Morgan fingerprint density at radius 3 is 1.59 bits per heavy atom. The number of rotatable bonds is 6. The van der Waals surface area contributed by atoms with Crippen molar-refractivity contribution in [1.82, 2.24) is 0 Å². The number of hydrogen-bond acceptors (Lipinski definition) is 5. The standard InChI is InChI=1S/C10H11ClO2.2C9H9ClO2/c1-7(10(12)13-2)8-4-3-5-9(11)6-8;1-12-9(11)6-7-3-2-4-8(10)5-7;1-6(9(11)12)7-3-2-4-8(10)5-7/h3-7H,1-2H3;2-5H,6H2,1H3;2-6H,1H3,(H,11,12). The third-order valence-corrected chi connectivity index (χ3v) is 5.79. The topological polar surface area (TPSA) is 89.9 Å². The Kier molecular flexibility index (Phi) is 14.4. The van der Waals surface area contributed by atoms with Crippen LogP contribution < -0.4 is 0 Å². The predicted molar refractivity (Wildman–Crippen MR) is 147 cm³/mol. The van der Waals surface area contributed by atoms with Crippen molar-refractivity contribution in [3.63, 3.8) is 0 Å². The molecule has 2 unspecified atom stereocenters. The normalized spacial score (nSPS) is 11.4. The Bertz CT molecular complexity index is 1180. The number of aliphatic carboxylic acids is 1. The van der Waals surface area contributed by atoms with Crippen LogP contribution in [0.3, 0.4) is 0 Å². The molecule has 198 valence electrons. The number of benzene rings is 3. The van der Waals surface area contributed by atoms with Crippen molar-refractivity contribution in [3.05, 3.63) is 105 Å². The first kappa shape index (κ1) is 32.0. The summed E-state index contributed by atoms with van der Waals surface area (Å²) in [5, 5.41) is 10.5. The maximum atomic E-state index is 11.2. The highest BCUT2D eigenvalue weighted by Gasteiger charge is 2.15. The van der Waals surface area contributed by atoms with Gasteiger partial charge in [0.05, 0.1) is 32.5 Å². The summed E-state index contributed by atoms with van der Waals surface area (Å²) in [4.78, 5) is 32.6. The van der Waals surface area contributed by atoms with Crippen LogP contribution in [0.15, 0.2) is 72.8 Å². The molecule has 0 aromatic heterocycles. The zero-order chi connectivity index (χ0) is 28.0. The second kappa shape index (κ2) is 16.6. The Hall–Kier alpha value is -3.06. The molecule has 0 amide bonds. The van der Waals surface area contributed by atoms with Crippen molar-refractivity contribution in [2.75, 3.05) is 14.2 Å². The van der Waals surface area contributed by atoms with Gasteiger partial charge in [0, 0.05) is 15.1 Å². The number of carboxylic acid groups (broad SMARTS) is 1. The lowest BCUT2D eigenvalue weighted by Crippen LogP contribution is -2.10. The van der Waals surface area contributed by atoms with E-state index in [0.29, 0.717) is 15.1 Å². The summed E-state index contributed by atoms with van der Waals surface area (Å²) in [6.07, 6.45) is 0.275. The molecule has 0 bridgehead atoms. The van der Waals surface area contributed by atoms with Crippen LogP contribution in [0.1, 0.15) is 42.4 Å². The summed E-state index contributed by atoms with van der Waals surface area (Å²) in [6, 6.07) is 21.3. The number of ether oxygens (including phenoxy) is 2. The second-order valence-corrected chi connectivity index (χ2v) is 9.11. The van der Waals surface area contributed by atoms with E-state index in [-0.39, 0.29) is 24.3 Å². The highest BCUT2D eigenvalue weighted by molar-refractivity contribution is 6.31. The number of carbonyl (C=O) groups is 3. The molecule has 3 aromatic rings. The van der Waals surface area contributed by atoms with E-state index in [4.69, 9.17) is 39.9 Å². The second-order valence-electron chi connectivity index (χ2n) is 7.80. The van der Waals surface area contributed by atoms with Crippen LogP contribution in [-0.4, -0.2) is 37.2 Å². The third-order valence-electron chi connectivity index (χ3n) is 5.09. The number of carboxylic acids is 1. The van der Waals surface area contributed by atoms with Gasteiger partial charge in [0.2, 0.25) is 0 Å². The molecule has 3 aromatic carbocycles. The van der Waals surface area contributed by atoms with Gasteiger partial charge in [-0.15, -0.1) is 0 Å². The van der Waals surface area contributed by atoms with Gasteiger partial charge in [-0.2, -0.15) is 0 Å². The zero-order valence-electron chi connectivity index (χ0n) is 20.9. The molecule has 0 saturated heterocycles. The third kappa shape index (κ3) is 12.2. The lowest BCUT2D eigenvalue weighted by Gasteiger charge is -2.08. The monoisotopic (exact) mass is 566 g/mol. The fraction of sp³-hybridized carbons (Fsp3) is 0.250. The van der Waals surface area contributed by atoms with E-state index < -0.39 is 11.9 Å². The number of halogens is 3. The summed E-state index contributed by atoms with van der Waals surface area (Å²) in [6.45, 7) is 3.42. The van der Waals surface area contributed by atoms with Crippen molar-refractivity contribution < 1.29 is 29.0 Å². The van der Waals surface area contributed by atoms with E-state index in [0.717, 1.165) is 16.7 Å². The maximum Gasteiger partial charge on any atom is 0.312 e. The molecule has 0 radical (unpaired) electrons. The van der Waals surface area contributed by atoms with Crippen molar-refractivity contribution in [3.8, 4) is 0 Å². The molecule has 0 aliphatic heterocycles. The molecule has 9 heteroatoms. The summed E-state index contributed by atoms with van der Waals surface area (Å²) >= 11 is 17.2. The molecular weight excluding hydrogens is 539 g/mol. The van der Waals surface area contributed by atoms with Gasteiger partial charge >= 0.3 is 17.9 Å². The molecule has 0 aliphatic carbocycles. The maximum absolute atomic E-state index is 11.2. The minimum Gasteiger partial charge on any atom is -0.481 e. The summed E-state index contributed by atoms with van der Waals surface area (Å²) in [7, 11) is 2.75. The summed E-state index contributed by atoms with van der Waals surface area (Å²) in [5.74, 6) is -2.09. The van der Waals surface area contributed by atoms with E-state index in [1.165, 1.54) is 14.2 Å². The van der Waals surface area contributed by atoms with Gasteiger partial charge in [-0.05, 0) is 66.9 Å². The Morgan fingerprint density at radius 2 is 1.19 bits per heavy atom. The largest absolute Gasteiger partial charge is 0.481 e. The van der Waals surface area contributed by atoms with Gasteiger partial charge in [-0.25, -0.2) is 0 Å². The fourth-order valence-corrected chi connectivity index (χ4v) is 3.50. The van der Waals surface area contributed by atoms with Crippen LogP contribution in [0.25, 0.3) is 0 Å². The highest BCUT2D eigenvalue weighted by Crippen LogP contribution is 2.20. The Morgan fingerprint density at radius 1 is 0.730 bits per heavy atom. The molecule has 0 aliphatic rings. The van der Waals surface area contributed by atoms with Gasteiger partial charge < -0.3 is 14.6 Å². The van der Waals surface area contributed by atoms with Crippen molar-refractivity contribution in [1.29, 1.82) is 0 Å². The van der Waals surface area contributed by atoms with E-state index in [1.807, 2.05) is 18.2 Å². The van der Waals surface area contributed by atoms with Gasteiger partial charge in [0.1, 0.15) is 0 Å². The average Bonchev–Trinajstić information content (AvgIpc) is 2.88. The number of esters is 2. The Balaban J connectivity index is 0.000000278. The van der Waals surface area contributed by atoms with Crippen LogP contribution >= 0.6 is 34.8 Å². The lowest BCUT2D eigenvalue weighted by atomic mass is 10.0. The molecule has 0 fully saturated rings. The molecule has 0 heterocycles. The van der Waals surface area contributed by atoms with Crippen molar-refractivity contribution in [2.45, 2.75) is 32.1 Å². The molecule has 6 nitrogen and oxygen atoms in total. The zero-order valence-corrected chi connectivity index (χ0v) is 23.2. The predicted octanol–water partition coefficient (Wildman–Crippen LogP) is 7.20. The lowest BCUT2D eigenvalue weighted by molar-refractivity contribution is -0.142. The van der Waals surface area contributed by atoms with Gasteiger partial charge in [0.25, 0.3) is 0 Å². The van der Waals surface area contributed by atoms with E-state index in [2.05, 4.69) is 9.47 Å². The SMILES string of the molecule is CC(C(=O)O)c1cccc(Cl)c1.COC(=O)C(C)c1cccc(Cl)c1.COC(=O)Cc1cccc(Cl)c1. The van der Waals surface area contributed by atoms with Crippen LogP contribution in [0, 0.1) is 0 Å². The average molecular weight is 568 g/mol. The van der Waals surface area contributed by atoms with E-state index in [9.17, 15) is 14.4 Å². The Labute approximate surface area is 232 Å². The van der Waals surface area contributed by atoms with E-state index in [1.54, 1.807) is 68.4 Å². The minimum absolute atomic E-state index is 0.248. The van der Waals surface area contributed by atoms with Gasteiger partial charge in [-0.3, -0.25) is 14.4 Å². The molecule has 0 saturated carbocycles. The highest BCUT2D eigenvalue weighted by atomic mass is 35.5. The molecular formula is C28H29Cl3O6. The molecule has 0 spiro atoms. The number of hydrogen-bond donors (Lipinski definition) is 1.